The van der Waals surface area contributed by atoms with Gasteiger partial charge in [0.15, 0.2) is 0 Å². The molecule has 0 amide bonds. The van der Waals surface area contributed by atoms with Gasteiger partial charge in [0.1, 0.15) is 0 Å². The summed E-state index contributed by atoms with van der Waals surface area (Å²) >= 11 is 0. The maximum absolute atomic E-state index is 2.46. The molecule has 0 radical (unpaired) electrons. The summed E-state index contributed by atoms with van der Waals surface area (Å²) in [6.07, 6.45) is 0. The zero-order valence-corrected chi connectivity index (χ0v) is 24.9. The fraction of sp³-hybridized carbons (Fsp3) is 0.143. The van der Waals surface area contributed by atoms with Gasteiger partial charge >= 0.3 is 0 Å². The molecule has 0 saturated heterocycles. The molecule has 6 aromatic carbocycles. The van der Waals surface area contributed by atoms with Crippen LogP contribution in [0.2, 0.25) is 0 Å². The first kappa shape index (κ1) is 26.2. The number of fused-ring (bicyclic) bond motifs is 2. The monoisotopic (exact) mass is 540 g/mol. The molecule has 0 nitrogen and oxygen atoms in total. The van der Waals surface area contributed by atoms with E-state index in [1.165, 1.54) is 66.8 Å². The largest absolute Gasteiger partial charge is 0.0622 e. The molecular formula is C42H36. The van der Waals surface area contributed by atoms with Crippen LogP contribution in [-0.2, 0) is 10.8 Å². The predicted octanol–water partition coefficient (Wildman–Crippen LogP) is 11.3. The molecule has 0 heteroatoms. The molecule has 0 spiro atoms. The van der Waals surface area contributed by atoms with Crippen LogP contribution >= 0.6 is 0 Å². The van der Waals surface area contributed by atoms with Crippen LogP contribution in [0.1, 0.15) is 49.9 Å². The highest BCUT2D eigenvalue weighted by molar-refractivity contribution is 5.86. The second-order valence-electron chi connectivity index (χ2n) is 12.6. The van der Waals surface area contributed by atoms with E-state index in [-0.39, 0.29) is 10.8 Å². The Morgan fingerprint density at radius 2 is 0.595 bits per heavy atom. The van der Waals surface area contributed by atoms with E-state index in [4.69, 9.17) is 0 Å². The van der Waals surface area contributed by atoms with Crippen molar-refractivity contribution in [3.8, 4) is 44.5 Å². The van der Waals surface area contributed by atoms with E-state index < -0.39 is 0 Å². The zero-order chi connectivity index (χ0) is 28.9. The van der Waals surface area contributed by atoms with Crippen molar-refractivity contribution in [3.63, 3.8) is 0 Å². The average Bonchev–Trinajstić information content (AvgIpc) is 3.04. The van der Waals surface area contributed by atoms with Gasteiger partial charge < -0.3 is 0 Å². The van der Waals surface area contributed by atoms with Gasteiger partial charge in [0, 0.05) is 10.8 Å². The van der Waals surface area contributed by atoms with Gasteiger partial charge in [-0.15, -0.1) is 0 Å². The third-order valence-corrected chi connectivity index (χ3v) is 9.38. The van der Waals surface area contributed by atoms with Gasteiger partial charge in [0.25, 0.3) is 0 Å². The summed E-state index contributed by atoms with van der Waals surface area (Å²) in [4.78, 5) is 0. The molecule has 1 aliphatic carbocycles. The lowest BCUT2D eigenvalue weighted by Gasteiger charge is -2.44. The molecule has 0 aromatic heterocycles. The summed E-state index contributed by atoms with van der Waals surface area (Å²) in [5.74, 6) is 0. The summed E-state index contributed by atoms with van der Waals surface area (Å²) in [7, 11) is 0. The van der Waals surface area contributed by atoms with Crippen molar-refractivity contribution in [2.24, 2.45) is 0 Å². The molecule has 6 aromatic rings. The van der Waals surface area contributed by atoms with Gasteiger partial charge in [0.05, 0.1) is 0 Å². The van der Waals surface area contributed by atoms with Crippen LogP contribution in [0, 0.1) is 0 Å². The van der Waals surface area contributed by atoms with E-state index in [1.807, 2.05) is 0 Å². The summed E-state index contributed by atoms with van der Waals surface area (Å²) in [5, 5.41) is 0. The number of rotatable bonds is 4. The standard InChI is InChI=1S/C42H36/c1-41(2)37-25-23-32(36-22-14-12-20-34(36)30-17-9-6-10-18-30)28-40(37)42(3,4)38-26-24-31(27-39(38)41)35-21-13-11-19-33(35)29-15-7-5-8-16-29/h5-28H,1-4H3. The maximum atomic E-state index is 2.46. The number of benzene rings is 6. The quantitative estimate of drug-likeness (QED) is 0.209. The minimum absolute atomic E-state index is 0.130. The Bertz CT molecular complexity index is 1760. The van der Waals surface area contributed by atoms with Gasteiger partial charge in [0.2, 0.25) is 0 Å². The Morgan fingerprint density at radius 3 is 0.952 bits per heavy atom. The van der Waals surface area contributed by atoms with E-state index in [0.717, 1.165) is 0 Å². The van der Waals surface area contributed by atoms with Crippen LogP contribution in [-0.4, -0.2) is 0 Å². The number of hydrogen-bond acceptors (Lipinski definition) is 0. The lowest BCUT2D eigenvalue weighted by Crippen LogP contribution is -2.36. The van der Waals surface area contributed by atoms with Gasteiger partial charge in [-0.25, -0.2) is 0 Å². The first-order chi connectivity index (χ1) is 20.4. The van der Waals surface area contributed by atoms with Crippen LogP contribution in [0.5, 0.6) is 0 Å². The minimum atomic E-state index is -0.130. The van der Waals surface area contributed by atoms with Gasteiger partial charge in [-0.05, 0) is 78.9 Å². The third-order valence-electron chi connectivity index (χ3n) is 9.38. The summed E-state index contributed by atoms with van der Waals surface area (Å²) in [6, 6.07) is 53.4. The van der Waals surface area contributed by atoms with Crippen molar-refractivity contribution < 1.29 is 0 Å². The van der Waals surface area contributed by atoms with Crippen LogP contribution < -0.4 is 0 Å². The first-order valence-electron chi connectivity index (χ1n) is 15.0. The van der Waals surface area contributed by atoms with Crippen molar-refractivity contribution in [3.05, 3.63) is 168 Å². The Kier molecular flexibility index (Phi) is 6.24. The average molecular weight is 541 g/mol. The van der Waals surface area contributed by atoms with E-state index in [0.29, 0.717) is 0 Å². The second-order valence-corrected chi connectivity index (χ2v) is 12.6. The highest BCUT2D eigenvalue weighted by atomic mass is 14.4. The van der Waals surface area contributed by atoms with Crippen LogP contribution in [0.4, 0.5) is 0 Å². The van der Waals surface area contributed by atoms with Gasteiger partial charge in [-0.3, -0.25) is 0 Å². The third kappa shape index (κ3) is 4.22. The summed E-state index contributed by atoms with van der Waals surface area (Å²) < 4.78 is 0. The highest BCUT2D eigenvalue weighted by Gasteiger charge is 2.42. The van der Waals surface area contributed by atoms with Crippen molar-refractivity contribution in [1.29, 1.82) is 0 Å². The smallest absolute Gasteiger partial charge is 0.0152 e. The van der Waals surface area contributed by atoms with Gasteiger partial charge in [-0.1, -0.05) is 161 Å². The van der Waals surface area contributed by atoms with E-state index in [9.17, 15) is 0 Å². The van der Waals surface area contributed by atoms with Crippen molar-refractivity contribution in [1.82, 2.24) is 0 Å². The molecule has 204 valence electrons. The van der Waals surface area contributed by atoms with E-state index >= 15 is 0 Å². The SMILES string of the molecule is CC1(C)c2ccc(-c3ccccc3-c3ccccc3)cc2C(C)(C)c2ccc(-c3ccccc3-c3ccccc3)cc21. The molecule has 0 fully saturated rings. The van der Waals surface area contributed by atoms with Crippen molar-refractivity contribution >= 4 is 0 Å². The molecule has 1 aliphatic rings. The second kappa shape index (κ2) is 10.00. The minimum Gasteiger partial charge on any atom is -0.0622 e. The lowest BCUT2D eigenvalue weighted by atomic mass is 9.59. The van der Waals surface area contributed by atoms with E-state index in [2.05, 4.69) is 173 Å². The Labute approximate surface area is 250 Å². The topological polar surface area (TPSA) is 0 Å². The molecular weight excluding hydrogens is 504 g/mol. The molecule has 0 heterocycles. The number of hydrogen-bond donors (Lipinski definition) is 0. The van der Waals surface area contributed by atoms with Crippen LogP contribution in [0.15, 0.2) is 146 Å². The maximum Gasteiger partial charge on any atom is 0.0152 e. The van der Waals surface area contributed by atoms with Gasteiger partial charge in [-0.2, -0.15) is 0 Å². The molecule has 0 bridgehead atoms. The van der Waals surface area contributed by atoms with Crippen LogP contribution in [0.25, 0.3) is 44.5 Å². The molecule has 0 atom stereocenters. The molecule has 7 rings (SSSR count). The summed E-state index contributed by atoms with van der Waals surface area (Å²) in [5.41, 5.74) is 15.5. The Balaban J connectivity index is 1.36. The highest BCUT2D eigenvalue weighted by Crippen LogP contribution is 2.52. The Hall–Kier alpha value is -4.68. The fourth-order valence-electron chi connectivity index (χ4n) is 7.05. The summed E-state index contributed by atoms with van der Waals surface area (Å²) in [6.45, 7) is 9.57. The molecule has 0 N–H and O–H groups in total. The first-order valence-corrected chi connectivity index (χ1v) is 15.0. The molecule has 0 saturated carbocycles. The predicted molar refractivity (Wildman–Crippen MR) is 179 cm³/mol. The normalized spacial score (nSPS) is 14.6. The molecule has 0 unspecified atom stereocenters. The van der Waals surface area contributed by atoms with Crippen molar-refractivity contribution in [2.75, 3.05) is 0 Å². The lowest BCUT2D eigenvalue weighted by molar-refractivity contribution is 0.521. The zero-order valence-electron chi connectivity index (χ0n) is 24.9. The molecule has 0 aliphatic heterocycles. The Morgan fingerprint density at radius 1 is 0.286 bits per heavy atom. The van der Waals surface area contributed by atoms with Crippen LogP contribution in [0.3, 0.4) is 0 Å². The van der Waals surface area contributed by atoms with Crippen molar-refractivity contribution in [2.45, 2.75) is 38.5 Å². The van der Waals surface area contributed by atoms with E-state index in [1.54, 1.807) is 0 Å². The fourth-order valence-corrected chi connectivity index (χ4v) is 7.05. The molecule has 42 heavy (non-hydrogen) atoms.